The normalized spacial score (nSPS) is 24.5. The van der Waals surface area contributed by atoms with Gasteiger partial charge in [0.1, 0.15) is 18.0 Å². The molecule has 0 aromatic carbocycles. The molecule has 0 unspecified atom stereocenters. The molecule has 3 heterocycles. The summed E-state index contributed by atoms with van der Waals surface area (Å²) in [6.07, 6.45) is -1.62. The number of aliphatic carboxylic acids is 2. The average molecular weight is 546 g/mol. The summed E-state index contributed by atoms with van der Waals surface area (Å²) in [5.41, 5.74) is 0. The minimum absolute atomic E-state index is 0.154. The summed E-state index contributed by atoms with van der Waals surface area (Å²) < 4.78 is 81.2. The lowest BCUT2D eigenvalue weighted by atomic mass is 9.98. The molecule has 0 bridgehead atoms. The number of pyridine rings is 1. The van der Waals surface area contributed by atoms with Crippen molar-refractivity contribution in [2.45, 2.75) is 56.3 Å². The highest BCUT2D eigenvalue weighted by Crippen LogP contribution is 2.34. The Morgan fingerprint density at radius 2 is 1.59 bits per heavy atom. The van der Waals surface area contributed by atoms with Crippen molar-refractivity contribution in [3.8, 4) is 5.75 Å². The number of nitrogens with zero attached hydrogens (tertiary/aromatic N) is 2. The summed E-state index contributed by atoms with van der Waals surface area (Å²) in [7, 11) is 0. The summed E-state index contributed by atoms with van der Waals surface area (Å²) >= 11 is 0. The van der Waals surface area contributed by atoms with Crippen molar-refractivity contribution in [1.82, 2.24) is 9.88 Å². The van der Waals surface area contributed by atoms with Gasteiger partial charge in [0.2, 0.25) is 0 Å². The number of alkyl halides is 6. The quantitative estimate of drug-likeness (QED) is 0.548. The lowest BCUT2D eigenvalue weighted by Crippen LogP contribution is -2.53. The lowest BCUT2D eigenvalue weighted by molar-refractivity contribution is -0.193. The van der Waals surface area contributed by atoms with E-state index in [1.165, 1.54) is 25.8 Å². The van der Waals surface area contributed by atoms with Gasteiger partial charge in [-0.1, -0.05) is 0 Å². The number of carboxylic acid groups (broad SMARTS) is 2. The number of halogens is 6. The van der Waals surface area contributed by atoms with Crippen LogP contribution in [0.4, 0.5) is 26.3 Å². The van der Waals surface area contributed by atoms with Gasteiger partial charge in [-0.05, 0) is 43.7 Å². The first-order valence-electron chi connectivity index (χ1n) is 11.4. The highest BCUT2D eigenvalue weighted by molar-refractivity contribution is 5.73. The van der Waals surface area contributed by atoms with Gasteiger partial charge < -0.3 is 24.4 Å². The topological polar surface area (TPSA) is 118 Å². The van der Waals surface area contributed by atoms with E-state index in [1.54, 1.807) is 12.4 Å². The molecule has 4 rings (SSSR count). The van der Waals surface area contributed by atoms with E-state index >= 15 is 0 Å². The van der Waals surface area contributed by atoms with Gasteiger partial charge in [-0.15, -0.1) is 0 Å². The molecule has 2 aliphatic heterocycles. The third kappa shape index (κ3) is 10.3. The molecule has 0 radical (unpaired) electrons. The van der Waals surface area contributed by atoms with Crippen molar-refractivity contribution in [2.75, 3.05) is 32.9 Å². The standard InChI is InChI=1S/C18H26N2O3.2C2HF3O2/c1-2-15(12-19-7-1)23-17-4-3-16-18(17)22-11-8-20(16)13-14-5-9-21-10-6-14;2*3-2(4,5)1(6)7/h1-2,7,12,14,16-18H,3-6,8-11,13H2;2*(H,6,7)/t16-,17+,18+;;/m0../s1. The molecule has 1 saturated carbocycles. The predicted octanol–water partition coefficient (Wildman–Crippen LogP) is 3.39. The van der Waals surface area contributed by atoms with Crippen LogP contribution in [0.1, 0.15) is 25.7 Å². The summed E-state index contributed by atoms with van der Waals surface area (Å²) in [6, 6.07) is 4.40. The number of fused-ring (bicyclic) bond motifs is 1. The Hall–Kier alpha value is -2.65. The average Bonchev–Trinajstić information content (AvgIpc) is 3.24. The first kappa shape index (κ1) is 30.6. The fourth-order valence-corrected chi connectivity index (χ4v) is 4.20. The molecule has 210 valence electrons. The van der Waals surface area contributed by atoms with E-state index in [4.69, 9.17) is 34.0 Å². The van der Waals surface area contributed by atoms with E-state index in [2.05, 4.69) is 9.88 Å². The van der Waals surface area contributed by atoms with Crippen LogP contribution in [0.15, 0.2) is 24.5 Å². The molecular formula is C22H28F6N2O7. The van der Waals surface area contributed by atoms with Crippen LogP contribution < -0.4 is 4.74 Å². The van der Waals surface area contributed by atoms with Gasteiger partial charge in [0.15, 0.2) is 0 Å². The molecule has 0 spiro atoms. The van der Waals surface area contributed by atoms with E-state index in [0.29, 0.717) is 6.04 Å². The van der Waals surface area contributed by atoms with Crippen molar-refractivity contribution in [1.29, 1.82) is 0 Å². The molecule has 2 N–H and O–H groups in total. The van der Waals surface area contributed by atoms with Crippen LogP contribution >= 0.6 is 0 Å². The molecule has 9 nitrogen and oxygen atoms in total. The Kier molecular flexibility index (Phi) is 11.4. The maximum absolute atomic E-state index is 10.6. The smallest absolute Gasteiger partial charge is 0.486 e. The Morgan fingerprint density at radius 3 is 2.11 bits per heavy atom. The number of ether oxygens (including phenoxy) is 3. The zero-order valence-electron chi connectivity index (χ0n) is 19.6. The van der Waals surface area contributed by atoms with E-state index in [-0.39, 0.29) is 12.2 Å². The van der Waals surface area contributed by atoms with Crippen molar-refractivity contribution >= 4 is 11.9 Å². The SMILES string of the molecule is O=C(O)C(F)(F)F.O=C(O)C(F)(F)F.c1cncc(O[C@@H]2CC[C@H]3[C@H]2OCCN3CC2CCOCC2)c1. The maximum Gasteiger partial charge on any atom is 0.490 e. The molecule has 3 fully saturated rings. The highest BCUT2D eigenvalue weighted by atomic mass is 19.4. The Morgan fingerprint density at radius 1 is 1.00 bits per heavy atom. The van der Waals surface area contributed by atoms with Gasteiger partial charge in [-0.3, -0.25) is 9.88 Å². The summed E-state index contributed by atoms with van der Waals surface area (Å²) in [5, 5.41) is 14.2. The van der Waals surface area contributed by atoms with E-state index in [0.717, 1.165) is 44.5 Å². The zero-order valence-corrected chi connectivity index (χ0v) is 19.6. The molecule has 0 amide bonds. The van der Waals surface area contributed by atoms with Crippen LogP contribution in [0, 0.1) is 5.92 Å². The molecule has 2 saturated heterocycles. The molecule has 1 aromatic rings. The van der Waals surface area contributed by atoms with Gasteiger partial charge in [0, 0.05) is 38.5 Å². The minimum atomic E-state index is -5.08. The summed E-state index contributed by atoms with van der Waals surface area (Å²) in [6.45, 7) is 4.91. The zero-order chi connectivity index (χ0) is 27.6. The van der Waals surface area contributed by atoms with Crippen LogP contribution in [0.3, 0.4) is 0 Å². The number of rotatable bonds is 4. The van der Waals surface area contributed by atoms with Gasteiger partial charge >= 0.3 is 24.3 Å². The minimum Gasteiger partial charge on any atom is -0.486 e. The Bertz CT molecular complexity index is 826. The van der Waals surface area contributed by atoms with Gasteiger partial charge in [0.25, 0.3) is 0 Å². The van der Waals surface area contributed by atoms with E-state index in [9.17, 15) is 26.3 Å². The van der Waals surface area contributed by atoms with E-state index < -0.39 is 24.3 Å². The largest absolute Gasteiger partial charge is 0.490 e. The van der Waals surface area contributed by atoms with Crippen LogP contribution in [-0.2, 0) is 19.1 Å². The molecule has 3 atom stereocenters. The monoisotopic (exact) mass is 546 g/mol. The fourth-order valence-electron chi connectivity index (χ4n) is 4.20. The van der Waals surface area contributed by atoms with Crippen molar-refractivity contribution < 1.29 is 60.4 Å². The first-order valence-corrected chi connectivity index (χ1v) is 11.4. The molecule has 1 aromatic heterocycles. The highest BCUT2D eigenvalue weighted by Gasteiger charge is 2.44. The fraction of sp³-hybridized carbons (Fsp3) is 0.682. The summed E-state index contributed by atoms with van der Waals surface area (Å²) in [5.74, 6) is -3.89. The van der Waals surface area contributed by atoms with Crippen LogP contribution in [0.25, 0.3) is 0 Å². The van der Waals surface area contributed by atoms with Gasteiger partial charge in [-0.2, -0.15) is 26.3 Å². The number of hydrogen-bond acceptors (Lipinski definition) is 7. The van der Waals surface area contributed by atoms with E-state index in [1.807, 2.05) is 12.1 Å². The molecule has 37 heavy (non-hydrogen) atoms. The Labute approximate surface area is 208 Å². The van der Waals surface area contributed by atoms with Crippen LogP contribution in [-0.4, -0.2) is 95.5 Å². The lowest BCUT2D eigenvalue weighted by Gasteiger charge is -2.41. The number of aromatic nitrogens is 1. The van der Waals surface area contributed by atoms with Gasteiger partial charge in [-0.25, -0.2) is 9.59 Å². The number of morpholine rings is 1. The Balaban J connectivity index is 0.000000286. The second-order valence-electron chi connectivity index (χ2n) is 8.48. The predicted molar refractivity (Wildman–Crippen MR) is 114 cm³/mol. The second-order valence-corrected chi connectivity index (χ2v) is 8.48. The first-order chi connectivity index (χ1) is 17.3. The maximum atomic E-state index is 10.6. The number of hydrogen-bond donors (Lipinski definition) is 2. The molecule has 3 aliphatic rings. The second kappa shape index (κ2) is 13.8. The molecular weight excluding hydrogens is 518 g/mol. The van der Waals surface area contributed by atoms with Crippen molar-refractivity contribution in [3.63, 3.8) is 0 Å². The van der Waals surface area contributed by atoms with Crippen LogP contribution in [0.5, 0.6) is 5.75 Å². The molecule has 15 heteroatoms. The third-order valence-electron chi connectivity index (χ3n) is 5.89. The summed E-state index contributed by atoms with van der Waals surface area (Å²) in [4.78, 5) is 24.6. The number of carboxylic acids is 2. The molecule has 1 aliphatic carbocycles. The van der Waals surface area contributed by atoms with Gasteiger partial charge in [0.05, 0.1) is 12.8 Å². The third-order valence-corrected chi connectivity index (χ3v) is 5.89. The van der Waals surface area contributed by atoms with Crippen LogP contribution in [0.2, 0.25) is 0 Å². The van der Waals surface area contributed by atoms with Crippen molar-refractivity contribution in [3.05, 3.63) is 24.5 Å². The number of carbonyl (C=O) groups is 2. The van der Waals surface area contributed by atoms with Crippen molar-refractivity contribution in [2.24, 2.45) is 5.92 Å².